The van der Waals surface area contributed by atoms with E-state index in [-0.39, 0.29) is 11.3 Å². The van der Waals surface area contributed by atoms with E-state index in [0.717, 1.165) is 57.6 Å². The molecule has 3 atom stereocenters. The fourth-order valence-corrected chi connectivity index (χ4v) is 8.71. The molecule has 1 fully saturated rings. The van der Waals surface area contributed by atoms with Gasteiger partial charge >= 0.3 is 8.56 Å². The molecule has 3 unspecified atom stereocenters. The highest BCUT2D eigenvalue weighted by molar-refractivity contribution is 6.70. The molecule has 0 saturated carbocycles. The first kappa shape index (κ1) is 21.1. The Morgan fingerprint density at radius 3 is 2.22 bits per heavy atom. The van der Waals surface area contributed by atoms with Crippen LogP contribution in [0.15, 0.2) is 0 Å². The van der Waals surface area contributed by atoms with Crippen molar-refractivity contribution in [2.45, 2.75) is 83.1 Å². The second-order valence-corrected chi connectivity index (χ2v) is 10.4. The molecule has 1 saturated heterocycles. The van der Waals surface area contributed by atoms with Crippen molar-refractivity contribution in [3.8, 4) is 0 Å². The van der Waals surface area contributed by atoms with Crippen LogP contribution < -0.4 is 0 Å². The van der Waals surface area contributed by atoms with E-state index < -0.39 is 8.56 Å². The fourth-order valence-electron chi connectivity index (χ4n) is 4.51. The lowest BCUT2D eigenvalue weighted by Gasteiger charge is -2.54. The van der Waals surface area contributed by atoms with Crippen molar-refractivity contribution in [3.05, 3.63) is 0 Å². The van der Waals surface area contributed by atoms with E-state index in [9.17, 15) is 0 Å². The van der Waals surface area contributed by atoms with Crippen LogP contribution >= 0.6 is 0 Å². The SMILES string of the molecule is CCCOC(CCC)C1CCC[Si](OC)(OC)C1(CCC)OC. The predicted molar refractivity (Wildman–Crippen MR) is 96.9 cm³/mol. The number of ether oxygens (including phenoxy) is 2. The van der Waals surface area contributed by atoms with Crippen LogP contribution in [-0.4, -0.2) is 47.8 Å². The lowest BCUT2D eigenvalue weighted by Crippen LogP contribution is -2.70. The number of rotatable bonds is 11. The normalized spacial score (nSPS) is 28.7. The van der Waals surface area contributed by atoms with E-state index in [1.807, 2.05) is 21.3 Å². The van der Waals surface area contributed by atoms with Crippen LogP contribution in [0.25, 0.3) is 0 Å². The Bertz CT molecular complexity index is 322. The van der Waals surface area contributed by atoms with Crippen molar-refractivity contribution < 1.29 is 18.3 Å². The highest BCUT2D eigenvalue weighted by atomic mass is 28.4. The van der Waals surface area contributed by atoms with Gasteiger partial charge < -0.3 is 18.3 Å². The molecule has 0 amide bonds. The number of methoxy groups -OCH3 is 1. The summed E-state index contributed by atoms with van der Waals surface area (Å²) in [6.07, 6.45) is 7.84. The zero-order chi connectivity index (χ0) is 17.3. The third kappa shape index (κ3) is 4.18. The first-order valence-electron chi connectivity index (χ1n) is 9.38. The molecule has 0 bridgehead atoms. The van der Waals surface area contributed by atoms with Gasteiger partial charge in [-0.3, -0.25) is 0 Å². The van der Waals surface area contributed by atoms with Gasteiger partial charge in [0.15, 0.2) is 0 Å². The Balaban J connectivity index is 3.22. The van der Waals surface area contributed by atoms with Crippen molar-refractivity contribution in [2.75, 3.05) is 27.9 Å². The minimum Gasteiger partial charge on any atom is -0.396 e. The molecule has 1 aliphatic rings. The number of hydrogen-bond acceptors (Lipinski definition) is 4. The molecule has 5 heteroatoms. The Morgan fingerprint density at radius 1 is 1.04 bits per heavy atom. The summed E-state index contributed by atoms with van der Waals surface area (Å²) in [6.45, 7) is 7.44. The maximum atomic E-state index is 6.29. The minimum absolute atomic E-state index is 0.240. The highest BCUT2D eigenvalue weighted by Crippen LogP contribution is 2.49. The molecule has 1 rings (SSSR count). The first-order valence-corrected chi connectivity index (χ1v) is 11.4. The molecular weight excluding hydrogens is 308 g/mol. The Kier molecular flexibility index (Phi) is 9.30. The van der Waals surface area contributed by atoms with Gasteiger partial charge in [-0.2, -0.15) is 0 Å². The van der Waals surface area contributed by atoms with E-state index in [1.54, 1.807) is 0 Å². The molecule has 0 aromatic carbocycles. The average Bonchev–Trinajstić information content (AvgIpc) is 2.59. The van der Waals surface area contributed by atoms with Crippen molar-refractivity contribution in [2.24, 2.45) is 5.92 Å². The lowest BCUT2D eigenvalue weighted by molar-refractivity contribution is -0.113. The van der Waals surface area contributed by atoms with Gasteiger partial charge in [0.05, 0.1) is 6.10 Å². The summed E-state index contributed by atoms with van der Waals surface area (Å²) in [6, 6.07) is 1.01. The predicted octanol–water partition coefficient (Wildman–Crippen LogP) is 4.45. The van der Waals surface area contributed by atoms with Gasteiger partial charge in [0.2, 0.25) is 0 Å². The van der Waals surface area contributed by atoms with Crippen LogP contribution in [0.2, 0.25) is 6.04 Å². The summed E-state index contributed by atoms with van der Waals surface area (Å²) in [4.78, 5) is 0. The maximum Gasteiger partial charge on any atom is 0.371 e. The van der Waals surface area contributed by atoms with Gasteiger partial charge in [0, 0.05) is 33.9 Å². The van der Waals surface area contributed by atoms with E-state index in [4.69, 9.17) is 18.3 Å². The second kappa shape index (κ2) is 10.1. The van der Waals surface area contributed by atoms with Gasteiger partial charge in [0.1, 0.15) is 5.22 Å². The summed E-state index contributed by atoms with van der Waals surface area (Å²) in [5.74, 6) is 0.360. The largest absolute Gasteiger partial charge is 0.396 e. The molecule has 4 nitrogen and oxygen atoms in total. The van der Waals surface area contributed by atoms with E-state index in [1.165, 1.54) is 0 Å². The molecular formula is C18H38O4Si. The van der Waals surface area contributed by atoms with Crippen LogP contribution in [0, 0.1) is 5.92 Å². The van der Waals surface area contributed by atoms with Crippen LogP contribution in [0.4, 0.5) is 0 Å². The molecule has 0 aromatic rings. The summed E-state index contributed by atoms with van der Waals surface area (Å²) in [5, 5.41) is -0.308. The molecule has 23 heavy (non-hydrogen) atoms. The standard InChI is InChI=1S/C18H38O4Si/c1-7-11-17(22-14-9-3)16-12-10-15-23(20-5,21-6)18(16,19-4)13-8-2/h16-17H,7-15H2,1-6H3. The first-order chi connectivity index (χ1) is 11.1. The molecule has 1 heterocycles. The molecule has 0 aliphatic carbocycles. The number of hydrogen-bond donors (Lipinski definition) is 0. The van der Waals surface area contributed by atoms with Crippen LogP contribution in [0.3, 0.4) is 0 Å². The van der Waals surface area contributed by atoms with Crippen molar-refractivity contribution in [1.29, 1.82) is 0 Å². The van der Waals surface area contributed by atoms with Gasteiger partial charge in [-0.15, -0.1) is 0 Å². The fraction of sp³-hybridized carbons (Fsp3) is 1.00. The maximum absolute atomic E-state index is 6.29. The quantitative estimate of drug-likeness (QED) is 0.518. The van der Waals surface area contributed by atoms with E-state index >= 15 is 0 Å². The Hall–Kier alpha value is 0.0569. The smallest absolute Gasteiger partial charge is 0.371 e. The third-order valence-corrected chi connectivity index (χ3v) is 9.91. The molecule has 0 spiro atoms. The highest BCUT2D eigenvalue weighted by Gasteiger charge is 2.64. The zero-order valence-electron chi connectivity index (χ0n) is 16.2. The van der Waals surface area contributed by atoms with E-state index in [0.29, 0.717) is 5.92 Å². The molecule has 1 aliphatic heterocycles. The van der Waals surface area contributed by atoms with Crippen LogP contribution in [-0.2, 0) is 18.3 Å². The van der Waals surface area contributed by atoms with Gasteiger partial charge in [-0.25, -0.2) is 0 Å². The topological polar surface area (TPSA) is 36.9 Å². The average molecular weight is 347 g/mol. The Morgan fingerprint density at radius 2 is 1.74 bits per heavy atom. The van der Waals surface area contributed by atoms with Gasteiger partial charge in [0.25, 0.3) is 0 Å². The van der Waals surface area contributed by atoms with Crippen molar-refractivity contribution >= 4 is 8.56 Å². The summed E-state index contributed by atoms with van der Waals surface area (Å²) >= 11 is 0. The van der Waals surface area contributed by atoms with E-state index in [2.05, 4.69) is 20.8 Å². The van der Waals surface area contributed by atoms with Gasteiger partial charge in [-0.1, -0.05) is 40.0 Å². The Labute approximate surface area is 144 Å². The lowest BCUT2D eigenvalue weighted by atomic mass is 9.85. The summed E-state index contributed by atoms with van der Waals surface area (Å²) in [7, 11) is 3.03. The molecule has 0 radical (unpaired) electrons. The van der Waals surface area contributed by atoms with Crippen LogP contribution in [0.5, 0.6) is 0 Å². The monoisotopic (exact) mass is 346 g/mol. The van der Waals surface area contributed by atoms with Crippen molar-refractivity contribution in [3.63, 3.8) is 0 Å². The molecule has 138 valence electrons. The minimum atomic E-state index is -2.43. The molecule has 0 N–H and O–H groups in total. The second-order valence-electron chi connectivity index (χ2n) is 6.70. The third-order valence-electron chi connectivity index (χ3n) is 5.47. The summed E-state index contributed by atoms with van der Waals surface area (Å²) < 4.78 is 24.7. The van der Waals surface area contributed by atoms with Crippen molar-refractivity contribution in [1.82, 2.24) is 0 Å². The molecule has 0 aromatic heterocycles. The zero-order valence-corrected chi connectivity index (χ0v) is 17.2. The summed E-state index contributed by atoms with van der Waals surface area (Å²) in [5.41, 5.74) is 0. The van der Waals surface area contributed by atoms with Crippen LogP contribution in [0.1, 0.15) is 65.7 Å². The van der Waals surface area contributed by atoms with Gasteiger partial charge in [-0.05, 0) is 31.7 Å².